The molecule has 0 saturated carbocycles. The summed E-state index contributed by atoms with van der Waals surface area (Å²) in [5.41, 5.74) is 2.39. The second-order valence-corrected chi connectivity index (χ2v) is 2.09. The van der Waals surface area contributed by atoms with Crippen molar-refractivity contribution >= 4 is 5.82 Å². The van der Waals surface area contributed by atoms with Crippen molar-refractivity contribution in [1.29, 1.82) is 0 Å². The van der Waals surface area contributed by atoms with Crippen molar-refractivity contribution in [3.8, 4) is 5.75 Å². The molecule has 5 nitrogen and oxygen atoms in total. The number of hydrogen-bond donors (Lipinski definition) is 3. The van der Waals surface area contributed by atoms with Gasteiger partial charge in [0.1, 0.15) is 18.2 Å². The summed E-state index contributed by atoms with van der Waals surface area (Å²) in [5, 5.41) is 8.47. The van der Waals surface area contributed by atoms with Crippen LogP contribution in [0.4, 0.5) is 5.82 Å². The number of ether oxygens (including phenoxy) is 1. The zero-order valence-electron chi connectivity index (χ0n) is 6.53. The van der Waals surface area contributed by atoms with Gasteiger partial charge in [-0.1, -0.05) is 0 Å². The minimum atomic E-state index is -0.00624. The summed E-state index contributed by atoms with van der Waals surface area (Å²) < 4.78 is 5.11. The van der Waals surface area contributed by atoms with Gasteiger partial charge in [0, 0.05) is 12.3 Å². The van der Waals surface area contributed by atoms with Gasteiger partial charge in [-0.3, -0.25) is 0 Å². The Balaban J connectivity index is 2.60. The van der Waals surface area contributed by atoms with Crippen LogP contribution in [0.1, 0.15) is 0 Å². The summed E-state index contributed by atoms with van der Waals surface area (Å²) in [5.74, 6) is 6.29. The van der Waals surface area contributed by atoms with Crippen LogP contribution >= 0.6 is 0 Å². The molecule has 0 saturated heterocycles. The Morgan fingerprint density at radius 2 is 2.50 bits per heavy atom. The van der Waals surface area contributed by atoms with Gasteiger partial charge in [0.05, 0.1) is 6.61 Å². The van der Waals surface area contributed by atoms with E-state index in [0.717, 1.165) is 0 Å². The first-order valence-corrected chi connectivity index (χ1v) is 3.53. The van der Waals surface area contributed by atoms with Crippen molar-refractivity contribution in [3.05, 3.63) is 18.3 Å². The number of aliphatic hydroxyl groups is 1. The second kappa shape index (κ2) is 4.53. The van der Waals surface area contributed by atoms with Gasteiger partial charge in [-0.25, -0.2) is 10.8 Å². The SMILES string of the molecule is NNc1cc(OCCO)ccn1. The first kappa shape index (κ1) is 8.76. The molecular weight excluding hydrogens is 158 g/mol. The number of nitrogens with zero attached hydrogens (tertiary/aromatic N) is 1. The lowest BCUT2D eigenvalue weighted by Crippen LogP contribution is -2.09. The van der Waals surface area contributed by atoms with Crippen molar-refractivity contribution in [2.75, 3.05) is 18.6 Å². The number of rotatable bonds is 4. The number of aliphatic hydroxyl groups excluding tert-OH is 1. The maximum Gasteiger partial charge on any atom is 0.143 e. The number of nitrogens with two attached hydrogens (primary N) is 1. The van der Waals surface area contributed by atoms with Gasteiger partial charge in [0.15, 0.2) is 0 Å². The topological polar surface area (TPSA) is 80.4 Å². The van der Waals surface area contributed by atoms with E-state index >= 15 is 0 Å². The van der Waals surface area contributed by atoms with E-state index in [1.807, 2.05) is 0 Å². The highest BCUT2D eigenvalue weighted by molar-refractivity contribution is 5.39. The standard InChI is InChI=1S/C7H11N3O2/c8-10-7-5-6(1-2-9-7)12-4-3-11/h1-2,5,11H,3-4,8H2,(H,9,10). The monoisotopic (exact) mass is 169 g/mol. The van der Waals surface area contributed by atoms with E-state index in [4.69, 9.17) is 15.7 Å². The van der Waals surface area contributed by atoms with Crippen LogP contribution in [0, 0.1) is 0 Å². The lowest BCUT2D eigenvalue weighted by Gasteiger charge is -2.04. The highest BCUT2D eigenvalue weighted by Crippen LogP contribution is 2.12. The molecule has 1 rings (SSSR count). The largest absolute Gasteiger partial charge is 0.491 e. The number of hydrazine groups is 1. The third-order valence-electron chi connectivity index (χ3n) is 1.24. The smallest absolute Gasteiger partial charge is 0.143 e. The van der Waals surface area contributed by atoms with Gasteiger partial charge in [0.25, 0.3) is 0 Å². The third kappa shape index (κ3) is 2.37. The van der Waals surface area contributed by atoms with Crippen molar-refractivity contribution in [2.45, 2.75) is 0 Å². The molecule has 0 bridgehead atoms. The molecule has 0 aliphatic rings. The summed E-state index contributed by atoms with van der Waals surface area (Å²) in [6, 6.07) is 3.34. The fraction of sp³-hybridized carbons (Fsp3) is 0.286. The van der Waals surface area contributed by atoms with Crippen molar-refractivity contribution < 1.29 is 9.84 Å². The summed E-state index contributed by atoms with van der Waals surface area (Å²) in [6.45, 7) is 0.266. The van der Waals surface area contributed by atoms with E-state index in [0.29, 0.717) is 11.6 Å². The van der Waals surface area contributed by atoms with Gasteiger partial charge < -0.3 is 15.3 Å². The highest BCUT2D eigenvalue weighted by Gasteiger charge is 1.94. The Morgan fingerprint density at radius 3 is 3.17 bits per heavy atom. The molecule has 0 unspecified atom stereocenters. The van der Waals surface area contributed by atoms with Crippen LogP contribution in [0.3, 0.4) is 0 Å². The number of anilines is 1. The molecule has 1 heterocycles. The van der Waals surface area contributed by atoms with Crippen LogP contribution in [0.25, 0.3) is 0 Å². The summed E-state index contributed by atoms with van der Waals surface area (Å²) in [7, 11) is 0. The summed E-state index contributed by atoms with van der Waals surface area (Å²) in [4.78, 5) is 3.89. The van der Waals surface area contributed by atoms with Crippen LogP contribution in [0.2, 0.25) is 0 Å². The molecule has 4 N–H and O–H groups in total. The number of pyridine rings is 1. The quantitative estimate of drug-likeness (QED) is 0.427. The molecule has 0 aromatic carbocycles. The predicted molar refractivity (Wildman–Crippen MR) is 44.6 cm³/mol. The molecule has 0 aliphatic heterocycles. The number of hydrogen-bond acceptors (Lipinski definition) is 5. The molecule has 0 spiro atoms. The maximum atomic E-state index is 8.47. The Bertz CT molecular complexity index is 242. The van der Waals surface area contributed by atoms with E-state index < -0.39 is 0 Å². The van der Waals surface area contributed by atoms with Gasteiger partial charge in [-0.2, -0.15) is 0 Å². The van der Waals surface area contributed by atoms with E-state index in [1.165, 1.54) is 0 Å². The molecule has 0 amide bonds. The fourth-order valence-corrected chi connectivity index (χ4v) is 0.743. The van der Waals surface area contributed by atoms with E-state index in [9.17, 15) is 0 Å². The van der Waals surface area contributed by atoms with Crippen LogP contribution in [-0.4, -0.2) is 23.3 Å². The van der Waals surface area contributed by atoms with Crippen molar-refractivity contribution in [1.82, 2.24) is 4.98 Å². The van der Waals surface area contributed by atoms with E-state index in [1.54, 1.807) is 18.3 Å². The van der Waals surface area contributed by atoms with Crippen LogP contribution < -0.4 is 16.0 Å². The third-order valence-corrected chi connectivity index (χ3v) is 1.24. The van der Waals surface area contributed by atoms with Crippen molar-refractivity contribution in [3.63, 3.8) is 0 Å². The Hall–Kier alpha value is -1.33. The van der Waals surface area contributed by atoms with Gasteiger partial charge in [0.2, 0.25) is 0 Å². The second-order valence-electron chi connectivity index (χ2n) is 2.09. The van der Waals surface area contributed by atoms with Crippen LogP contribution in [-0.2, 0) is 0 Å². The van der Waals surface area contributed by atoms with Gasteiger partial charge >= 0.3 is 0 Å². The van der Waals surface area contributed by atoms with Crippen LogP contribution in [0.5, 0.6) is 5.75 Å². The first-order valence-electron chi connectivity index (χ1n) is 3.53. The molecule has 0 fully saturated rings. The zero-order valence-corrected chi connectivity index (χ0v) is 6.53. The number of nitrogen functional groups attached to an aromatic ring is 1. The molecule has 5 heteroatoms. The first-order chi connectivity index (χ1) is 5.86. The molecular formula is C7H11N3O2. The Labute approximate surface area is 70.1 Å². The lowest BCUT2D eigenvalue weighted by molar-refractivity contribution is 0.201. The molecule has 1 aromatic heterocycles. The molecule has 0 radical (unpaired) electrons. The zero-order chi connectivity index (χ0) is 8.81. The Morgan fingerprint density at radius 1 is 1.67 bits per heavy atom. The predicted octanol–water partition coefficient (Wildman–Crippen LogP) is -0.262. The summed E-state index contributed by atoms with van der Waals surface area (Å²) in [6.07, 6.45) is 1.57. The number of nitrogens with one attached hydrogen (secondary N) is 1. The van der Waals surface area contributed by atoms with E-state index in [-0.39, 0.29) is 13.2 Å². The highest BCUT2D eigenvalue weighted by atomic mass is 16.5. The molecule has 1 aromatic rings. The number of aromatic nitrogens is 1. The van der Waals surface area contributed by atoms with Crippen molar-refractivity contribution in [2.24, 2.45) is 5.84 Å². The average molecular weight is 169 g/mol. The summed E-state index contributed by atoms with van der Waals surface area (Å²) >= 11 is 0. The average Bonchev–Trinajstić information content (AvgIpc) is 2.15. The fourth-order valence-electron chi connectivity index (χ4n) is 0.743. The van der Waals surface area contributed by atoms with Gasteiger partial charge in [-0.15, -0.1) is 0 Å². The van der Waals surface area contributed by atoms with E-state index in [2.05, 4.69) is 10.4 Å². The normalized spacial score (nSPS) is 9.50. The molecule has 0 atom stereocenters. The molecule has 66 valence electrons. The lowest BCUT2D eigenvalue weighted by atomic mass is 10.4. The van der Waals surface area contributed by atoms with Gasteiger partial charge in [-0.05, 0) is 6.07 Å². The minimum Gasteiger partial charge on any atom is -0.491 e. The van der Waals surface area contributed by atoms with Crippen LogP contribution in [0.15, 0.2) is 18.3 Å². The minimum absolute atomic E-state index is 0.00624. The Kier molecular flexibility index (Phi) is 3.31. The molecule has 12 heavy (non-hydrogen) atoms. The maximum absolute atomic E-state index is 8.47. The molecule has 0 aliphatic carbocycles.